The highest BCUT2D eigenvalue weighted by Crippen LogP contribution is 2.18. The highest BCUT2D eigenvalue weighted by atomic mass is 127. The van der Waals surface area contributed by atoms with Crippen molar-refractivity contribution in [3.63, 3.8) is 0 Å². The number of anilines is 1. The van der Waals surface area contributed by atoms with Crippen LogP contribution in [-0.4, -0.2) is 75.4 Å². The maximum Gasteiger partial charge on any atom is 0.191 e. The average Bonchev–Trinajstić information content (AvgIpc) is 3.01. The van der Waals surface area contributed by atoms with Gasteiger partial charge in [-0.05, 0) is 30.5 Å². The average molecular weight is 502 g/mol. The number of aromatic nitrogens is 1. The standard InChI is InChI=1S/C20H34N6O.HI/c1-21-20(23-8-11-25-12-14-27-15-13-25)24-17-18-6-7-22-19(16-18)26-9-4-2-3-5-10-26;/h6-7,16H,2-5,8-15,17H2,1H3,(H2,21,23,24);1H. The summed E-state index contributed by atoms with van der Waals surface area (Å²) in [5.41, 5.74) is 1.24. The van der Waals surface area contributed by atoms with Crippen LogP contribution < -0.4 is 15.5 Å². The molecule has 8 heteroatoms. The lowest BCUT2D eigenvalue weighted by molar-refractivity contribution is 0.0389. The van der Waals surface area contributed by atoms with Crippen LogP contribution in [0.2, 0.25) is 0 Å². The Hall–Kier alpha value is -1.13. The van der Waals surface area contributed by atoms with Crippen LogP contribution in [0.3, 0.4) is 0 Å². The molecule has 0 amide bonds. The molecule has 2 N–H and O–H groups in total. The number of morpholine rings is 1. The zero-order chi connectivity index (χ0) is 18.7. The third-order valence-corrected chi connectivity index (χ3v) is 5.25. The molecule has 1 aromatic heterocycles. The van der Waals surface area contributed by atoms with Crippen LogP contribution >= 0.6 is 24.0 Å². The second-order valence-corrected chi connectivity index (χ2v) is 7.23. The van der Waals surface area contributed by atoms with Crippen molar-refractivity contribution in [1.29, 1.82) is 0 Å². The molecule has 0 bridgehead atoms. The first-order valence-corrected chi connectivity index (χ1v) is 10.3. The fourth-order valence-electron chi connectivity index (χ4n) is 3.61. The van der Waals surface area contributed by atoms with Crippen LogP contribution in [0.25, 0.3) is 0 Å². The van der Waals surface area contributed by atoms with Crippen LogP contribution in [0.1, 0.15) is 31.2 Å². The molecule has 158 valence electrons. The Balaban J connectivity index is 0.00000280. The van der Waals surface area contributed by atoms with Gasteiger partial charge in [-0.1, -0.05) is 12.8 Å². The van der Waals surface area contributed by atoms with Gasteiger partial charge in [0.15, 0.2) is 5.96 Å². The van der Waals surface area contributed by atoms with Gasteiger partial charge < -0.3 is 20.3 Å². The first-order chi connectivity index (χ1) is 13.3. The molecule has 0 unspecified atom stereocenters. The summed E-state index contributed by atoms with van der Waals surface area (Å²) in [5.74, 6) is 1.95. The van der Waals surface area contributed by atoms with E-state index in [0.29, 0.717) is 0 Å². The Labute approximate surface area is 186 Å². The number of pyridine rings is 1. The van der Waals surface area contributed by atoms with Gasteiger partial charge in [0, 0.05) is 59.1 Å². The molecule has 0 aliphatic carbocycles. The maximum atomic E-state index is 5.39. The van der Waals surface area contributed by atoms with E-state index in [2.05, 4.69) is 42.5 Å². The van der Waals surface area contributed by atoms with E-state index in [9.17, 15) is 0 Å². The van der Waals surface area contributed by atoms with Crippen molar-refractivity contribution in [2.45, 2.75) is 32.2 Å². The third-order valence-electron chi connectivity index (χ3n) is 5.25. The van der Waals surface area contributed by atoms with E-state index in [4.69, 9.17) is 4.74 Å². The lowest BCUT2D eigenvalue weighted by Crippen LogP contribution is -2.44. The van der Waals surface area contributed by atoms with Crippen molar-refractivity contribution < 1.29 is 4.74 Å². The number of rotatable bonds is 6. The Bertz CT molecular complexity index is 586. The molecule has 1 aromatic rings. The van der Waals surface area contributed by atoms with E-state index in [1.807, 2.05) is 13.2 Å². The fraction of sp³-hybridized carbons (Fsp3) is 0.700. The number of ether oxygens (including phenoxy) is 1. The number of aliphatic imine (C=N–C) groups is 1. The molecule has 2 aliphatic rings. The highest BCUT2D eigenvalue weighted by Gasteiger charge is 2.12. The molecule has 2 aliphatic heterocycles. The van der Waals surface area contributed by atoms with Gasteiger partial charge in [-0.3, -0.25) is 9.89 Å². The van der Waals surface area contributed by atoms with Crippen molar-refractivity contribution in [3.8, 4) is 0 Å². The van der Waals surface area contributed by atoms with E-state index in [0.717, 1.165) is 70.8 Å². The molecule has 0 aromatic carbocycles. The molecule has 7 nitrogen and oxygen atoms in total. The normalized spacial score (nSPS) is 18.9. The monoisotopic (exact) mass is 502 g/mol. The van der Waals surface area contributed by atoms with Crippen molar-refractivity contribution in [2.24, 2.45) is 4.99 Å². The van der Waals surface area contributed by atoms with Crippen molar-refractivity contribution in [3.05, 3.63) is 23.9 Å². The van der Waals surface area contributed by atoms with Gasteiger partial charge in [0.2, 0.25) is 0 Å². The summed E-state index contributed by atoms with van der Waals surface area (Å²) in [4.78, 5) is 13.8. The van der Waals surface area contributed by atoms with Gasteiger partial charge in [-0.25, -0.2) is 4.98 Å². The van der Waals surface area contributed by atoms with Crippen molar-refractivity contribution in [2.75, 3.05) is 64.4 Å². The molecule has 3 rings (SSSR count). The first kappa shape index (κ1) is 23.2. The molecule has 3 heterocycles. The van der Waals surface area contributed by atoms with Crippen LogP contribution in [0.15, 0.2) is 23.3 Å². The Kier molecular flexibility index (Phi) is 10.9. The molecular weight excluding hydrogens is 467 g/mol. The van der Waals surface area contributed by atoms with Gasteiger partial charge in [-0.15, -0.1) is 24.0 Å². The summed E-state index contributed by atoms with van der Waals surface area (Å²) in [6, 6.07) is 4.29. The SMILES string of the molecule is CN=C(NCCN1CCOCC1)NCc1ccnc(N2CCCCCC2)c1.I. The van der Waals surface area contributed by atoms with Crippen LogP contribution in [-0.2, 0) is 11.3 Å². The summed E-state index contributed by atoms with van der Waals surface area (Å²) >= 11 is 0. The highest BCUT2D eigenvalue weighted by molar-refractivity contribution is 14.0. The van der Waals surface area contributed by atoms with Crippen molar-refractivity contribution in [1.82, 2.24) is 20.5 Å². The summed E-state index contributed by atoms with van der Waals surface area (Å²) in [6.07, 6.45) is 7.13. The largest absolute Gasteiger partial charge is 0.379 e. The number of halogens is 1. The molecule has 0 atom stereocenters. The first-order valence-electron chi connectivity index (χ1n) is 10.3. The molecule has 2 saturated heterocycles. The van der Waals surface area contributed by atoms with E-state index < -0.39 is 0 Å². The molecule has 0 radical (unpaired) electrons. The second kappa shape index (κ2) is 13.2. The minimum Gasteiger partial charge on any atom is -0.379 e. The Morgan fingerprint density at radius 3 is 2.57 bits per heavy atom. The van der Waals surface area contributed by atoms with Gasteiger partial charge >= 0.3 is 0 Å². The number of nitrogens with zero attached hydrogens (tertiary/aromatic N) is 4. The van der Waals surface area contributed by atoms with E-state index in [-0.39, 0.29) is 24.0 Å². The lowest BCUT2D eigenvalue weighted by Gasteiger charge is -2.26. The summed E-state index contributed by atoms with van der Waals surface area (Å²) in [6.45, 7) is 8.61. The summed E-state index contributed by atoms with van der Waals surface area (Å²) in [7, 11) is 1.82. The predicted molar refractivity (Wildman–Crippen MR) is 126 cm³/mol. The molecular formula is C20H35IN6O. The van der Waals surface area contributed by atoms with Crippen LogP contribution in [0.5, 0.6) is 0 Å². The molecule has 0 saturated carbocycles. The van der Waals surface area contributed by atoms with E-state index in [1.165, 1.54) is 31.2 Å². The van der Waals surface area contributed by atoms with Gasteiger partial charge in [0.05, 0.1) is 13.2 Å². The molecule has 28 heavy (non-hydrogen) atoms. The van der Waals surface area contributed by atoms with Crippen LogP contribution in [0.4, 0.5) is 5.82 Å². The minimum absolute atomic E-state index is 0. The van der Waals surface area contributed by atoms with Crippen LogP contribution in [0, 0.1) is 0 Å². The zero-order valence-electron chi connectivity index (χ0n) is 17.0. The number of nitrogens with one attached hydrogen (secondary N) is 2. The quantitative estimate of drug-likeness (QED) is 0.353. The van der Waals surface area contributed by atoms with E-state index in [1.54, 1.807) is 0 Å². The summed E-state index contributed by atoms with van der Waals surface area (Å²) in [5, 5.41) is 6.82. The van der Waals surface area contributed by atoms with Gasteiger partial charge in [-0.2, -0.15) is 0 Å². The topological polar surface area (TPSA) is 65.0 Å². The Morgan fingerprint density at radius 1 is 1.11 bits per heavy atom. The Morgan fingerprint density at radius 2 is 1.86 bits per heavy atom. The number of hydrogen-bond acceptors (Lipinski definition) is 5. The number of hydrogen-bond donors (Lipinski definition) is 2. The third kappa shape index (κ3) is 7.71. The summed E-state index contributed by atoms with van der Waals surface area (Å²) < 4.78 is 5.39. The molecule has 2 fully saturated rings. The molecule has 0 spiro atoms. The van der Waals surface area contributed by atoms with E-state index >= 15 is 0 Å². The smallest absolute Gasteiger partial charge is 0.191 e. The predicted octanol–water partition coefficient (Wildman–Crippen LogP) is 2.08. The van der Waals surface area contributed by atoms with Gasteiger partial charge in [0.25, 0.3) is 0 Å². The maximum absolute atomic E-state index is 5.39. The van der Waals surface area contributed by atoms with Crippen molar-refractivity contribution >= 4 is 35.8 Å². The zero-order valence-corrected chi connectivity index (χ0v) is 19.4. The second-order valence-electron chi connectivity index (χ2n) is 7.23. The van der Waals surface area contributed by atoms with Gasteiger partial charge in [0.1, 0.15) is 5.82 Å². The minimum atomic E-state index is 0. The fourth-order valence-corrected chi connectivity index (χ4v) is 3.61. The number of guanidine groups is 1. The lowest BCUT2D eigenvalue weighted by atomic mass is 10.2.